The molecule has 5 aliphatic rings. The van der Waals surface area contributed by atoms with Crippen molar-refractivity contribution in [1.82, 2.24) is 5.32 Å². The number of carbonyl (C=O) groups excluding carboxylic acids is 2. The molecule has 0 spiro atoms. The Labute approximate surface area is 245 Å². The van der Waals surface area contributed by atoms with Gasteiger partial charge in [0.1, 0.15) is 5.78 Å². The van der Waals surface area contributed by atoms with Gasteiger partial charge in [0.05, 0.1) is 17.7 Å². The maximum Gasteiger partial charge on any atom is 0.305 e. The monoisotopic (exact) mass is 570 g/mol. The summed E-state index contributed by atoms with van der Waals surface area (Å²) in [7, 11) is 0. The van der Waals surface area contributed by atoms with E-state index in [1.54, 1.807) is 6.92 Å². The molecule has 0 aromatic carbocycles. The smallest absolute Gasteiger partial charge is 0.305 e. The van der Waals surface area contributed by atoms with Gasteiger partial charge in [0, 0.05) is 18.6 Å². The summed E-state index contributed by atoms with van der Waals surface area (Å²) >= 11 is 0. The number of hydrogen-bond acceptors (Lipinski definition) is 6. The Bertz CT molecular complexity index is 1110. The van der Waals surface area contributed by atoms with Crippen molar-refractivity contribution in [1.29, 1.82) is 0 Å². The van der Waals surface area contributed by atoms with Gasteiger partial charge in [0.25, 0.3) is 5.91 Å². The number of rotatable bonds is 8. The summed E-state index contributed by atoms with van der Waals surface area (Å²) < 4.78 is 5.78. The van der Waals surface area contributed by atoms with E-state index in [0.717, 1.165) is 44.2 Å². The molecule has 5 rings (SSSR count). The van der Waals surface area contributed by atoms with Crippen molar-refractivity contribution in [3.05, 3.63) is 11.6 Å². The van der Waals surface area contributed by atoms with Crippen molar-refractivity contribution >= 4 is 23.4 Å². The fourth-order valence-corrected chi connectivity index (χ4v) is 9.88. The number of amides is 1. The number of allylic oxidation sites excluding steroid dienone is 2. The molecule has 1 aliphatic heterocycles. The topological polar surface area (TPSA) is 114 Å². The molecule has 4 fully saturated rings. The number of carboxylic acids is 1. The number of aliphatic carboxylic acids is 1. The molecule has 6 unspecified atom stereocenters. The third kappa shape index (κ3) is 6.00. The van der Waals surface area contributed by atoms with Crippen molar-refractivity contribution in [2.24, 2.45) is 45.6 Å². The number of oxime groups is 1. The number of ketones is 1. The van der Waals surface area contributed by atoms with Crippen LogP contribution in [0.3, 0.4) is 0 Å². The highest BCUT2D eigenvalue weighted by Gasteiger charge is 2.59. The van der Waals surface area contributed by atoms with Crippen molar-refractivity contribution in [3.8, 4) is 0 Å². The molecule has 3 saturated carbocycles. The number of fused-ring (bicyclic) bond motifs is 5. The van der Waals surface area contributed by atoms with Crippen molar-refractivity contribution in [3.63, 3.8) is 0 Å². The molecule has 1 heterocycles. The van der Waals surface area contributed by atoms with Gasteiger partial charge in [-0.3, -0.25) is 14.4 Å². The van der Waals surface area contributed by atoms with Crippen LogP contribution >= 0.6 is 0 Å². The summed E-state index contributed by atoms with van der Waals surface area (Å²) in [6.07, 6.45) is 12.2. The summed E-state index contributed by atoms with van der Waals surface area (Å²) in [4.78, 5) is 42.2. The van der Waals surface area contributed by atoms with Crippen molar-refractivity contribution < 1.29 is 29.1 Å². The lowest BCUT2D eigenvalue weighted by molar-refractivity contribution is -0.140. The molecule has 228 valence electrons. The molecular weight excluding hydrogens is 520 g/mol. The van der Waals surface area contributed by atoms with E-state index >= 15 is 0 Å². The molecule has 4 aliphatic carbocycles. The zero-order valence-electron chi connectivity index (χ0n) is 25.7. The Morgan fingerprint density at radius 1 is 1.07 bits per heavy atom. The Hall–Kier alpha value is -2.22. The highest BCUT2D eigenvalue weighted by Crippen LogP contribution is 2.66. The molecule has 8 atom stereocenters. The molecule has 2 N–H and O–H groups in total. The zero-order valence-corrected chi connectivity index (χ0v) is 25.7. The van der Waals surface area contributed by atoms with Crippen LogP contribution in [0.2, 0.25) is 0 Å². The van der Waals surface area contributed by atoms with Crippen LogP contribution in [0.5, 0.6) is 0 Å². The lowest BCUT2D eigenvalue weighted by Crippen LogP contribution is -2.51. The van der Waals surface area contributed by atoms with E-state index in [-0.39, 0.29) is 47.2 Å². The van der Waals surface area contributed by atoms with Crippen LogP contribution in [0.15, 0.2) is 16.8 Å². The number of hydrogen-bond donors (Lipinski definition) is 2. The predicted molar refractivity (Wildman–Crippen MR) is 156 cm³/mol. The second kappa shape index (κ2) is 11.5. The third-order valence-corrected chi connectivity index (χ3v) is 11.9. The van der Waals surface area contributed by atoms with Crippen LogP contribution in [-0.4, -0.2) is 53.3 Å². The molecule has 0 radical (unpaired) electrons. The first-order valence-electron chi connectivity index (χ1n) is 15.9. The minimum absolute atomic E-state index is 0.0382. The van der Waals surface area contributed by atoms with Crippen LogP contribution in [0.4, 0.5) is 0 Å². The van der Waals surface area contributed by atoms with Gasteiger partial charge >= 0.3 is 5.97 Å². The SMILES string of the molecule is CC(=O)C1CCC2C3CCC4=C/C(=N/OCC(=O)NC(CC(=O)O)C5CCOC(C)(C)C5)CC[C@@]4(C)C3CC[C@@]12C. The van der Waals surface area contributed by atoms with Crippen LogP contribution in [-0.2, 0) is 24.0 Å². The highest BCUT2D eigenvalue weighted by atomic mass is 16.6. The van der Waals surface area contributed by atoms with E-state index in [0.29, 0.717) is 36.6 Å². The summed E-state index contributed by atoms with van der Waals surface area (Å²) in [6, 6.07) is -0.463. The number of carbonyl (C=O) groups is 3. The van der Waals surface area contributed by atoms with Gasteiger partial charge in [-0.05, 0) is 126 Å². The molecule has 1 amide bonds. The van der Waals surface area contributed by atoms with Crippen LogP contribution in [0.1, 0.15) is 105 Å². The van der Waals surface area contributed by atoms with Gasteiger partial charge in [-0.2, -0.15) is 0 Å². The van der Waals surface area contributed by atoms with Gasteiger partial charge in [0.2, 0.25) is 0 Å². The highest BCUT2D eigenvalue weighted by molar-refractivity contribution is 5.96. The molecular formula is C33H50N2O6. The van der Waals surface area contributed by atoms with Crippen LogP contribution in [0.25, 0.3) is 0 Å². The summed E-state index contributed by atoms with van der Waals surface area (Å²) in [5.74, 6) is 1.39. The summed E-state index contributed by atoms with van der Waals surface area (Å²) in [6.45, 7) is 11.0. The van der Waals surface area contributed by atoms with Gasteiger partial charge < -0.3 is 20.0 Å². The van der Waals surface area contributed by atoms with Gasteiger partial charge in [-0.15, -0.1) is 0 Å². The number of carboxylic acid groups (broad SMARTS) is 1. The predicted octanol–water partition coefficient (Wildman–Crippen LogP) is 5.69. The number of Topliss-reactive ketones (excluding diaryl/α,β-unsaturated/α-hetero) is 1. The Morgan fingerprint density at radius 3 is 2.56 bits per heavy atom. The van der Waals surface area contributed by atoms with E-state index in [1.807, 2.05) is 13.8 Å². The molecule has 8 heteroatoms. The van der Waals surface area contributed by atoms with E-state index in [9.17, 15) is 19.5 Å². The van der Waals surface area contributed by atoms with E-state index in [1.165, 1.54) is 24.8 Å². The number of ether oxygens (including phenoxy) is 1. The first-order chi connectivity index (χ1) is 19.3. The average Bonchev–Trinajstić information content (AvgIpc) is 3.25. The standard InChI is InChI=1S/C33H50N2O6/c1-20(36)25-8-9-26-24-7-6-22-16-23(10-13-32(22,4)27(24)11-14-33(25,26)5)35-41-19-29(37)34-28(17-30(38)39)21-12-15-40-31(2,3)18-21/h16,21,24-28H,6-15,17-19H2,1-5H3,(H,34,37)(H,38,39)/b35-23+/t21?,24?,25?,26?,27?,28?,32-,33+/m1/s1. The second-order valence-electron chi connectivity index (χ2n) is 14.8. The maximum atomic E-state index is 12.7. The summed E-state index contributed by atoms with van der Waals surface area (Å²) in [5.41, 5.74) is 2.35. The largest absolute Gasteiger partial charge is 0.481 e. The number of nitrogens with zero attached hydrogens (tertiary/aromatic N) is 1. The fraction of sp³-hybridized carbons (Fsp3) is 0.818. The van der Waals surface area contributed by atoms with E-state index in [4.69, 9.17) is 9.57 Å². The second-order valence-corrected chi connectivity index (χ2v) is 14.8. The average molecular weight is 571 g/mol. The van der Waals surface area contributed by atoms with E-state index in [2.05, 4.69) is 30.4 Å². The quantitative estimate of drug-likeness (QED) is 0.362. The Kier molecular flexibility index (Phi) is 8.45. The Morgan fingerprint density at radius 2 is 1.85 bits per heavy atom. The lowest BCUT2D eigenvalue weighted by Gasteiger charge is -2.58. The number of nitrogens with one attached hydrogen (secondary N) is 1. The van der Waals surface area contributed by atoms with Gasteiger partial charge in [-0.1, -0.05) is 24.6 Å². The first kappa shape index (κ1) is 30.2. The third-order valence-electron chi connectivity index (χ3n) is 11.9. The molecule has 1 saturated heterocycles. The Balaban J connectivity index is 1.19. The molecule has 0 aromatic rings. The summed E-state index contributed by atoms with van der Waals surface area (Å²) in [5, 5.41) is 16.7. The normalized spacial score (nSPS) is 39.5. The molecule has 41 heavy (non-hydrogen) atoms. The van der Waals surface area contributed by atoms with Gasteiger partial charge in [0.15, 0.2) is 6.61 Å². The minimum Gasteiger partial charge on any atom is -0.481 e. The minimum atomic E-state index is -0.929. The van der Waals surface area contributed by atoms with Crippen molar-refractivity contribution in [2.45, 2.75) is 117 Å². The molecule has 0 aromatic heterocycles. The lowest BCUT2D eigenvalue weighted by atomic mass is 9.46. The fourth-order valence-electron chi connectivity index (χ4n) is 9.88. The first-order valence-corrected chi connectivity index (χ1v) is 15.9. The van der Waals surface area contributed by atoms with E-state index < -0.39 is 12.0 Å². The van der Waals surface area contributed by atoms with Gasteiger partial charge in [-0.25, -0.2) is 0 Å². The van der Waals surface area contributed by atoms with Crippen LogP contribution < -0.4 is 5.32 Å². The molecule has 8 nitrogen and oxygen atoms in total. The molecule has 0 bridgehead atoms. The maximum absolute atomic E-state index is 12.7. The van der Waals surface area contributed by atoms with Crippen LogP contribution in [0, 0.1) is 40.4 Å². The zero-order chi connectivity index (χ0) is 29.6. The van der Waals surface area contributed by atoms with Crippen molar-refractivity contribution in [2.75, 3.05) is 13.2 Å².